The Morgan fingerprint density at radius 1 is 1.12 bits per heavy atom. The van der Waals surface area contributed by atoms with Gasteiger partial charge in [0.15, 0.2) is 18.1 Å². The monoisotopic (exact) mass is 353 g/mol. The molecule has 0 unspecified atom stereocenters. The predicted octanol–water partition coefficient (Wildman–Crippen LogP) is 2.55. The van der Waals surface area contributed by atoms with Crippen molar-refractivity contribution >= 4 is 28.4 Å². The number of aromatic nitrogens is 1. The lowest BCUT2D eigenvalue weighted by Gasteiger charge is -2.12. The van der Waals surface area contributed by atoms with Gasteiger partial charge < -0.3 is 25.1 Å². The molecule has 0 radical (unpaired) electrons. The number of anilines is 1. The number of likely N-dealkylation sites (N-methyl/N-ethyl adjacent to an activating group) is 1. The Morgan fingerprint density at radius 3 is 2.73 bits per heavy atom. The van der Waals surface area contributed by atoms with Crippen LogP contribution in [0.1, 0.15) is 10.4 Å². The second-order valence-corrected chi connectivity index (χ2v) is 5.53. The van der Waals surface area contributed by atoms with Crippen LogP contribution in [0.15, 0.2) is 48.7 Å². The third kappa shape index (κ3) is 3.61. The first-order chi connectivity index (χ1) is 12.6. The van der Waals surface area contributed by atoms with Crippen molar-refractivity contribution in [3.63, 3.8) is 0 Å². The summed E-state index contributed by atoms with van der Waals surface area (Å²) in [7, 11) is 3.01. The molecule has 3 N–H and O–H groups in total. The van der Waals surface area contributed by atoms with Gasteiger partial charge in [0.1, 0.15) is 0 Å². The van der Waals surface area contributed by atoms with Gasteiger partial charge in [-0.1, -0.05) is 6.07 Å². The number of aromatic amines is 1. The van der Waals surface area contributed by atoms with E-state index in [0.717, 1.165) is 10.9 Å². The van der Waals surface area contributed by atoms with Crippen LogP contribution in [0.4, 0.5) is 5.69 Å². The lowest BCUT2D eigenvalue weighted by molar-refractivity contribution is -0.122. The van der Waals surface area contributed by atoms with E-state index in [1.54, 1.807) is 18.2 Å². The second kappa shape index (κ2) is 7.60. The molecule has 0 saturated heterocycles. The average Bonchev–Trinajstić information content (AvgIpc) is 3.15. The first-order valence-corrected chi connectivity index (χ1v) is 8.01. The molecule has 3 rings (SSSR count). The zero-order chi connectivity index (χ0) is 18.5. The molecule has 26 heavy (non-hydrogen) atoms. The van der Waals surface area contributed by atoms with Crippen LogP contribution < -0.4 is 20.1 Å². The fraction of sp³-hybridized carbons (Fsp3) is 0.158. The molecule has 0 saturated carbocycles. The van der Waals surface area contributed by atoms with Crippen LogP contribution in [-0.4, -0.2) is 37.6 Å². The summed E-state index contributed by atoms with van der Waals surface area (Å²) in [6.45, 7) is -0.131. The maximum Gasteiger partial charge on any atom is 0.257 e. The number of carbonyl (C=O) groups is 2. The summed E-state index contributed by atoms with van der Waals surface area (Å²) in [6, 6.07) is 12.3. The molecule has 0 fully saturated rings. The Hall–Kier alpha value is -3.48. The summed E-state index contributed by atoms with van der Waals surface area (Å²) in [5, 5.41) is 6.30. The van der Waals surface area contributed by atoms with Crippen LogP contribution in [0, 0.1) is 0 Å². The standard InChI is InChI=1S/C19H19N3O4/c1-20-18(23)11-26-16-7-6-12(10-17(16)25-2)19(24)22-15-5-3-4-14-13(15)8-9-21-14/h3-10,21H,11H2,1-2H3,(H,20,23)(H,22,24). The number of carbonyl (C=O) groups excluding carboxylic acids is 2. The zero-order valence-corrected chi connectivity index (χ0v) is 14.5. The number of benzene rings is 2. The van der Waals surface area contributed by atoms with Crippen LogP contribution in [-0.2, 0) is 4.79 Å². The van der Waals surface area contributed by atoms with Crippen LogP contribution in [0.3, 0.4) is 0 Å². The minimum absolute atomic E-state index is 0.131. The lowest BCUT2D eigenvalue weighted by Crippen LogP contribution is -2.25. The highest BCUT2D eigenvalue weighted by atomic mass is 16.5. The summed E-state index contributed by atoms with van der Waals surface area (Å²) >= 11 is 0. The fourth-order valence-electron chi connectivity index (χ4n) is 2.53. The Kier molecular flexibility index (Phi) is 5.07. The van der Waals surface area contributed by atoms with Gasteiger partial charge in [-0.3, -0.25) is 9.59 Å². The number of rotatable bonds is 6. The minimum atomic E-state index is -0.269. The van der Waals surface area contributed by atoms with Crippen LogP contribution >= 0.6 is 0 Å². The predicted molar refractivity (Wildman–Crippen MR) is 98.8 cm³/mol. The largest absolute Gasteiger partial charge is 0.493 e. The van der Waals surface area contributed by atoms with E-state index < -0.39 is 0 Å². The quantitative estimate of drug-likeness (QED) is 0.635. The number of nitrogens with one attached hydrogen (secondary N) is 3. The number of ether oxygens (including phenoxy) is 2. The molecular formula is C19H19N3O4. The van der Waals surface area contributed by atoms with Crippen LogP contribution in [0.25, 0.3) is 10.9 Å². The van der Waals surface area contributed by atoms with E-state index >= 15 is 0 Å². The average molecular weight is 353 g/mol. The topological polar surface area (TPSA) is 92.5 Å². The van der Waals surface area contributed by atoms with Crippen molar-refractivity contribution in [2.45, 2.75) is 0 Å². The third-order valence-corrected chi connectivity index (χ3v) is 3.91. The van der Waals surface area contributed by atoms with E-state index in [4.69, 9.17) is 9.47 Å². The summed E-state index contributed by atoms with van der Waals surface area (Å²) in [6.07, 6.45) is 1.82. The number of fused-ring (bicyclic) bond motifs is 1. The molecule has 0 aliphatic heterocycles. The zero-order valence-electron chi connectivity index (χ0n) is 14.5. The van der Waals surface area contributed by atoms with Crippen molar-refractivity contribution < 1.29 is 19.1 Å². The smallest absolute Gasteiger partial charge is 0.257 e. The van der Waals surface area contributed by atoms with E-state index in [9.17, 15) is 9.59 Å². The SMILES string of the molecule is CNC(=O)COc1ccc(C(=O)Nc2cccc3[nH]ccc23)cc1OC. The van der Waals surface area contributed by atoms with Gasteiger partial charge in [0.05, 0.1) is 12.8 Å². The molecule has 7 nitrogen and oxygen atoms in total. The molecule has 2 aromatic carbocycles. The van der Waals surface area contributed by atoms with Gasteiger partial charge in [0.2, 0.25) is 0 Å². The third-order valence-electron chi connectivity index (χ3n) is 3.91. The number of H-pyrrole nitrogens is 1. The molecule has 7 heteroatoms. The van der Waals surface area contributed by atoms with Crippen molar-refractivity contribution in [1.82, 2.24) is 10.3 Å². The molecule has 1 heterocycles. The van der Waals surface area contributed by atoms with Crippen molar-refractivity contribution in [1.29, 1.82) is 0 Å². The van der Waals surface area contributed by atoms with Crippen LogP contribution in [0.5, 0.6) is 11.5 Å². The molecule has 0 atom stereocenters. The maximum atomic E-state index is 12.6. The van der Waals surface area contributed by atoms with Gasteiger partial charge in [-0.25, -0.2) is 0 Å². The van der Waals surface area contributed by atoms with Crippen LogP contribution in [0.2, 0.25) is 0 Å². The maximum absolute atomic E-state index is 12.6. The molecule has 0 bridgehead atoms. The van der Waals surface area contributed by atoms with Gasteiger partial charge in [-0.15, -0.1) is 0 Å². The molecule has 2 amide bonds. The highest BCUT2D eigenvalue weighted by molar-refractivity contribution is 6.09. The highest BCUT2D eigenvalue weighted by Crippen LogP contribution is 2.29. The molecule has 0 aliphatic rings. The summed E-state index contributed by atoms with van der Waals surface area (Å²) in [4.78, 5) is 27.0. The van der Waals surface area contributed by atoms with E-state index in [-0.39, 0.29) is 18.4 Å². The van der Waals surface area contributed by atoms with Crippen molar-refractivity contribution in [2.75, 3.05) is 26.1 Å². The molecule has 134 valence electrons. The Morgan fingerprint density at radius 2 is 1.96 bits per heavy atom. The Balaban J connectivity index is 1.79. The van der Waals surface area contributed by atoms with Gasteiger partial charge in [0.25, 0.3) is 11.8 Å². The number of hydrogen-bond acceptors (Lipinski definition) is 4. The highest BCUT2D eigenvalue weighted by Gasteiger charge is 2.13. The number of hydrogen-bond donors (Lipinski definition) is 3. The number of methoxy groups -OCH3 is 1. The molecular weight excluding hydrogens is 334 g/mol. The van der Waals surface area contributed by atoms with Crippen molar-refractivity contribution in [2.24, 2.45) is 0 Å². The Bertz CT molecular complexity index is 949. The number of amides is 2. The van der Waals surface area contributed by atoms with Crippen molar-refractivity contribution in [3.8, 4) is 11.5 Å². The van der Waals surface area contributed by atoms with E-state index in [1.165, 1.54) is 14.2 Å². The molecule has 0 aliphatic carbocycles. The fourth-order valence-corrected chi connectivity index (χ4v) is 2.53. The summed E-state index contributed by atoms with van der Waals surface area (Å²) in [5.41, 5.74) is 2.08. The minimum Gasteiger partial charge on any atom is -0.493 e. The first-order valence-electron chi connectivity index (χ1n) is 8.01. The molecule has 3 aromatic rings. The van der Waals surface area contributed by atoms with Gasteiger partial charge in [0, 0.05) is 29.7 Å². The summed E-state index contributed by atoms with van der Waals surface area (Å²) in [5.74, 6) is 0.241. The van der Waals surface area contributed by atoms with E-state index in [1.807, 2.05) is 30.5 Å². The van der Waals surface area contributed by atoms with Crippen molar-refractivity contribution in [3.05, 3.63) is 54.2 Å². The van der Waals surface area contributed by atoms with Gasteiger partial charge >= 0.3 is 0 Å². The molecule has 1 aromatic heterocycles. The van der Waals surface area contributed by atoms with Gasteiger partial charge in [-0.2, -0.15) is 0 Å². The Labute approximate surface area is 150 Å². The van der Waals surface area contributed by atoms with Gasteiger partial charge in [-0.05, 0) is 36.4 Å². The first kappa shape index (κ1) is 17.3. The molecule has 0 spiro atoms. The van der Waals surface area contributed by atoms with E-state index in [0.29, 0.717) is 22.7 Å². The van der Waals surface area contributed by atoms with E-state index in [2.05, 4.69) is 15.6 Å². The lowest BCUT2D eigenvalue weighted by atomic mass is 10.1. The normalized spacial score (nSPS) is 10.4. The summed E-state index contributed by atoms with van der Waals surface area (Å²) < 4.78 is 10.7. The second-order valence-electron chi connectivity index (χ2n) is 5.53.